The Kier molecular flexibility index (Phi) is 6.05. The first-order valence-corrected chi connectivity index (χ1v) is 11.5. The first-order chi connectivity index (χ1) is 13.6. The first-order valence-electron chi connectivity index (χ1n) is 9.86. The monoisotopic (exact) mass is 420 g/mol. The summed E-state index contributed by atoms with van der Waals surface area (Å²) in [4.78, 5) is 12.1. The third-order valence-corrected chi connectivity index (χ3v) is 6.55. The molecule has 2 aromatic rings. The Morgan fingerprint density at radius 3 is 2.52 bits per heavy atom. The van der Waals surface area contributed by atoms with Gasteiger partial charge in [-0.3, -0.25) is 9.52 Å². The fourth-order valence-electron chi connectivity index (χ4n) is 3.60. The Hall–Kier alpha value is -2.32. The van der Waals surface area contributed by atoms with E-state index in [0.717, 1.165) is 19.3 Å². The van der Waals surface area contributed by atoms with Crippen molar-refractivity contribution in [1.29, 1.82) is 0 Å². The topological polar surface area (TPSA) is 97.6 Å². The van der Waals surface area contributed by atoms with Crippen molar-refractivity contribution < 1.29 is 18.3 Å². The highest BCUT2D eigenvalue weighted by Crippen LogP contribution is 2.38. The zero-order valence-electron chi connectivity index (χ0n) is 17.1. The summed E-state index contributed by atoms with van der Waals surface area (Å²) in [5.74, 6) is -0.834. The number of aliphatic hydroxyl groups is 1. The largest absolute Gasteiger partial charge is 0.462 e. The van der Waals surface area contributed by atoms with Gasteiger partial charge in [-0.15, -0.1) is 0 Å². The molecule has 0 atom stereocenters. The van der Waals surface area contributed by atoms with E-state index in [0.29, 0.717) is 41.0 Å². The van der Waals surface area contributed by atoms with Crippen molar-refractivity contribution in [3.05, 3.63) is 46.4 Å². The maximum atomic E-state index is 12.1. The van der Waals surface area contributed by atoms with Crippen LogP contribution in [0, 0.1) is 6.92 Å². The van der Waals surface area contributed by atoms with E-state index >= 15 is 0 Å². The second-order valence-electron chi connectivity index (χ2n) is 7.65. The molecular formula is C21H28N2O5S. The second-order valence-corrected chi connectivity index (χ2v) is 9.66. The molecule has 8 heteroatoms. The van der Waals surface area contributed by atoms with Gasteiger partial charge in [0.25, 0.3) is 5.56 Å². The van der Waals surface area contributed by atoms with E-state index in [4.69, 9.17) is 4.74 Å². The van der Waals surface area contributed by atoms with Gasteiger partial charge in [0.2, 0.25) is 15.8 Å². The molecule has 1 saturated carbocycles. The molecule has 158 valence electrons. The molecule has 0 amide bonds. The van der Waals surface area contributed by atoms with Crippen LogP contribution in [-0.4, -0.2) is 29.6 Å². The molecule has 2 N–H and O–H groups in total. The molecule has 0 spiro atoms. The predicted molar refractivity (Wildman–Crippen MR) is 114 cm³/mol. The van der Waals surface area contributed by atoms with E-state index in [1.54, 1.807) is 51.4 Å². The van der Waals surface area contributed by atoms with Crippen LogP contribution < -0.4 is 15.0 Å². The minimum atomic E-state index is -3.44. The van der Waals surface area contributed by atoms with Crippen molar-refractivity contribution in [1.82, 2.24) is 4.57 Å². The number of benzene rings is 1. The number of rotatable bonds is 6. The number of anilines is 1. The lowest BCUT2D eigenvalue weighted by Crippen LogP contribution is -2.38. The van der Waals surface area contributed by atoms with Crippen molar-refractivity contribution in [3.8, 4) is 16.9 Å². The molecule has 29 heavy (non-hydrogen) atoms. The van der Waals surface area contributed by atoms with E-state index in [2.05, 4.69) is 4.72 Å². The summed E-state index contributed by atoms with van der Waals surface area (Å²) in [7, 11) is -1.78. The van der Waals surface area contributed by atoms with Crippen molar-refractivity contribution in [3.63, 3.8) is 0 Å². The highest BCUT2D eigenvalue weighted by atomic mass is 32.2. The molecule has 1 heterocycles. The minimum Gasteiger partial charge on any atom is -0.462 e. The number of aryl methyl sites for hydroxylation is 2. The maximum absolute atomic E-state index is 12.1. The number of hydrogen-bond acceptors (Lipinski definition) is 5. The molecule has 1 fully saturated rings. The first kappa shape index (κ1) is 21.4. The molecule has 1 aliphatic carbocycles. The molecule has 0 bridgehead atoms. The number of sulfonamides is 1. The van der Waals surface area contributed by atoms with Gasteiger partial charge < -0.3 is 14.4 Å². The Labute approximate surface area is 171 Å². The minimum absolute atomic E-state index is 0.0424. The molecule has 7 nitrogen and oxygen atoms in total. The zero-order valence-corrected chi connectivity index (χ0v) is 17.9. The summed E-state index contributed by atoms with van der Waals surface area (Å²) >= 11 is 0. The van der Waals surface area contributed by atoms with Gasteiger partial charge in [0.05, 0.1) is 5.75 Å². The molecule has 0 radical (unpaired) electrons. The SMILES string of the molecule is CCS(=O)(=O)Nc1ccc(OC2(O)CCCCC2)c(-c2cc(C)c(=O)n(C)c2)c1. The summed E-state index contributed by atoms with van der Waals surface area (Å²) in [6.45, 7) is 3.29. The molecule has 0 aliphatic heterocycles. The van der Waals surface area contributed by atoms with Crippen molar-refractivity contribution >= 4 is 15.7 Å². The molecule has 1 aromatic carbocycles. The van der Waals surface area contributed by atoms with Gasteiger partial charge in [-0.2, -0.15) is 0 Å². The average Bonchev–Trinajstić information content (AvgIpc) is 2.67. The third-order valence-electron chi connectivity index (χ3n) is 5.24. The van der Waals surface area contributed by atoms with Gasteiger partial charge >= 0.3 is 0 Å². The molecule has 0 saturated heterocycles. The molecule has 1 aliphatic rings. The Morgan fingerprint density at radius 1 is 1.21 bits per heavy atom. The molecule has 0 unspecified atom stereocenters. The van der Waals surface area contributed by atoms with E-state index in [-0.39, 0.29) is 11.3 Å². The van der Waals surface area contributed by atoms with Gasteiger partial charge in [0, 0.05) is 48.5 Å². The number of ether oxygens (including phenoxy) is 1. The summed E-state index contributed by atoms with van der Waals surface area (Å²) in [5.41, 5.74) is 2.17. The predicted octanol–water partition coefficient (Wildman–Crippen LogP) is 3.15. The summed E-state index contributed by atoms with van der Waals surface area (Å²) in [6.07, 6.45) is 5.61. The van der Waals surface area contributed by atoms with E-state index in [1.165, 1.54) is 4.57 Å². The van der Waals surface area contributed by atoms with Gasteiger partial charge in [0.15, 0.2) is 0 Å². The van der Waals surface area contributed by atoms with Gasteiger partial charge in [-0.05, 0) is 51.0 Å². The fourth-order valence-corrected chi connectivity index (χ4v) is 4.23. The lowest BCUT2D eigenvalue weighted by Gasteiger charge is -2.33. The lowest BCUT2D eigenvalue weighted by molar-refractivity contribution is -0.158. The van der Waals surface area contributed by atoms with Crippen LogP contribution in [0.3, 0.4) is 0 Å². The third kappa shape index (κ3) is 5.00. The number of nitrogens with one attached hydrogen (secondary N) is 1. The van der Waals surface area contributed by atoms with Crippen LogP contribution in [0.2, 0.25) is 0 Å². The van der Waals surface area contributed by atoms with E-state index < -0.39 is 15.8 Å². The standard InChI is InChI=1S/C21H28N2O5S/c1-4-29(26,27)22-17-8-9-19(28-21(25)10-6-5-7-11-21)18(13-17)16-12-15(2)20(24)23(3)14-16/h8-9,12-14,22,25H,4-7,10-11H2,1-3H3. The smallest absolute Gasteiger partial charge is 0.253 e. The fraction of sp³-hybridized carbons (Fsp3) is 0.476. The molecule has 3 rings (SSSR count). The number of pyridine rings is 1. The van der Waals surface area contributed by atoms with Crippen LogP contribution in [0.25, 0.3) is 11.1 Å². The van der Waals surface area contributed by atoms with Crippen LogP contribution >= 0.6 is 0 Å². The van der Waals surface area contributed by atoms with Crippen LogP contribution in [-0.2, 0) is 17.1 Å². The lowest BCUT2D eigenvalue weighted by atomic mass is 9.94. The number of nitrogens with zero attached hydrogens (tertiary/aromatic N) is 1. The second kappa shape index (κ2) is 8.20. The van der Waals surface area contributed by atoms with Crippen LogP contribution in [0.1, 0.15) is 44.6 Å². The molecular weight excluding hydrogens is 392 g/mol. The number of hydrogen-bond donors (Lipinski definition) is 2. The maximum Gasteiger partial charge on any atom is 0.253 e. The Bertz CT molecular complexity index is 1030. The van der Waals surface area contributed by atoms with Crippen LogP contribution in [0.4, 0.5) is 5.69 Å². The Morgan fingerprint density at radius 2 is 1.90 bits per heavy atom. The van der Waals surface area contributed by atoms with Crippen LogP contribution in [0.5, 0.6) is 5.75 Å². The molecule has 1 aromatic heterocycles. The van der Waals surface area contributed by atoms with Gasteiger partial charge in [-0.1, -0.05) is 6.42 Å². The highest BCUT2D eigenvalue weighted by Gasteiger charge is 2.32. The summed E-state index contributed by atoms with van der Waals surface area (Å²) in [5, 5.41) is 10.9. The van der Waals surface area contributed by atoms with E-state index in [9.17, 15) is 18.3 Å². The average molecular weight is 421 g/mol. The summed E-state index contributed by atoms with van der Waals surface area (Å²) < 4.78 is 34.1. The number of aromatic nitrogens is 1. The van der Waals surface area contributed by atoms with Crippen molar-refractivity contribution in [2.75, 3.05) is 10.5 Å². The highest BCUT2D eigenvalue weighted by molar-refractivity contribution is 7.92. The van der Waals surface area contributed by atoms with Crippen LogP contribution in [0.15, 0.2) is 35.3 Å². The van der Waals surface area contributed by atoms with E-state index in [1.807, 2.05) is 0 Å². The van der Waals surface area contributed by atoms with Crippen molar-refractivity contribution in [2.24, 2.45) is 7.05 Å². The van der Waals surface area contributed by atoms with Crippen molar-refractivity contribution in [2.45, 2.75) is 51.7 Å². The summed E-state index contributed by atoms with van der Waals surface area (Å²) in [6, 6.07) is 6.70. The Balaban J connectivity index is 2.09. The zero-order chi connectivity index (χ0) is 21.2. The quantitative estimate of drug-likeness (QED) is 0.700. The normalized spacial score (nSPS) is 16.4. The van der Waals surface area contributed by atoms with Gasteiger partial charge in [-0.25, -0.2) is 8.42 Å². The van der Waals surface area contributed by atoms with Gasteiger partial charge in [0.1, 0.15) is 5.75 Å².